The zero-order valence-corrected chi connectivity index (χ0v) is 24.2. The Hall–Kier alpha value is -4.93. The largest absolute Gasteiger partial charge is 0.462 e. The predicted molar refractivity (Wildman–Crippen MR) is 155 cm³/mol. The highest BCUT2D eigenvalue weighted by atomic mass is 16.6. The molecule has 3 aromatic rings. The van der Waals surface area contributed by atoms with Crippen LogP contribution in [0.5, 0.6) is 0 Å². The molecule has 0 amide bonds. The number of hydrogen-bond acceptors (Lipinski definition) is 11. The number of ether oxygens (including phenoxy) is 4. The van der Waals surface area contributed by atoms with Gasteiger partial charge in [0, 0.05) is 41.2 Å². The van der Waals surface area contributed by atoms with Crippen molar-refractivity contribution < 1.29 is 38.1 Å². The van der Waals surface area contributed by atoms with Gasteiger partial charge in [0.05, 0.1) is 11.4 Å². The Labute approximate surface area is 248 Å². The molecule has 1 aromatic carbocycles. The quantitative estimate of drug-likeness (QED) is 0.116. The van der Waals surface area contributed by atoms with Crippen LogP contribution in [0.15, 0.2) is 66.9 Å². The van der Waals surface area contributed by atoms with E-state index in [1.54, 1.807) is 12.3 Å². The highest BCUT2D eigenvalue weighted by Gasteiger charge is 2.46. The van der Waals surface area contributed by atoms with Crippen LogP contribution in [0.25, 0.3) is 22.4 Å². The maximum Gasteiger partial charge on any atom is 0.333 e. The fraction of sp³-hybridized carbons (Fsp3) is 0.344. The summed E-state index contributed by atoms with van der Waals surface area (Å²) in [6, 6.07) is 11.3. The van der Waals surface area contributed by atoms with Gasteiger partial charge in [0.15, 0.2) is 5.65 Å². The van der Waals surface area contributed by atoms with Crippen molar-refractivity contribution in [1.29, 1.82) is 0 Å². The fourth-order valence-electron chi connectivity index (χ4n) is 4.88. The Morgan fingerprint density at radius 3 is 1.88 bits per heavy atom. The number of rotatable bonds is 14. The minimum absolute atomic E-state index is 0.00392. The highest BCUT2D eigenvalue weighted by Crippen LogP contribution is 2.52. The lowest BCUT2D eigenvalue weighted by molar-refractivity contribution is -0.150. The van der Waals surface area contributed by atoms with Crippen LogP contribution in [0.4, 0.5) is 0 Å². The van der Waals surface area contributed by atoms with Crippen LogP contribution < -0.4 is 0 Å². The topological polar surface area (TPSA) is 144 Å². The van der Waals surface area contributed by atoms with E-state index in [2.05, 4.69) is 18.1 Å². The SMILES string of the molecule is C=C(C)C(=O)OCCOC(=O)CCC1(CCC(=O)OCCOC(=O)C(=C)C)c2ccccc2-c2nc3cccnc3nc21. The number of esters is 4. The van der Waals surface area contributed by atoms with E-state index >= 15 is 0 Å². The van der Waals surface area contributed by atoms with E-state index in [1.165, 1.54) is 13.8 Å². The van der Waals surface area contributed by atoms with Crippen LogP contribution in [0.3, 0.4) is 0 Å². The molecule has 43 heavy (non-hydrogen) atoms. The van der Waals surface area contributed by atoms with Gasteiger partial charge < -0.3 is 18.9 Å². The molecular formula is C32H33N3O8. The number of aromatic nitrogens is 3. The van der Waals surface area contributed by atoms with Crippen molar-refractivity contribution in [3.05, 3.63) is 78.2 Å². The third kappa shape index (κ3) is 7.29. The Balaban J connectivity index is 1.54. The molecule has 0 saturated carbocycles. The Morgan fingerprint density at radius 1 is 0.744 bits per heavy atom. The first kappa shape index (κ1) is 31.0. The molecule has 1 aliphatic rings. The molecule has 0 bridgehead atoms. The molecule has 0 fully saturated rings. The molecule has 0 radical (unpaired) electrons. The summed E-state index contributed by atoms with van der Waals surface area (Å²) in [5.74, 6) is -2.11. The van der Waals surface area contributed by atoms with Crippen molar-refractivity contribution in [3.63, 3.8) is 0 Å². The van der Waals surface area contributed by atoms with Crippen molar-refractivity contribution in [3.8, 4) is 11.3 Å². The van der Waals surface area contributed by atoms with Crippen molar-refractivity contribution in [2.24, 2.45) is 0 Å². The van der Waals surface area contributed by atoms with Crippen LogP contribution in [-0.4, -0.2) is 65.3 Å². The van der Waals surface area contributed by atoms with E-state index in [0.29, 0.717) is 22.6 Å². The average Bonchev–Trinajstić information content (AvgIpc) is 3.26. The summed E-state index contributed by atoms with van der Waals surface area (Å²) in [6.07, 6.45) is 2.14. The third-order valence-corrected chi connectivity index (χ3v) is 6.96. The zero-order chi connectivity index (χ0) is 31.0. The molecule has 0 saturated heterocycles. The summed E-state index contributed by atoms with van der Waals surface area (Å²) in [4.78, 5) is 62.9. The van der Waals surface area contributed by atoms with Gasteiger partial charge in [0.25, 0.3) is 0 Å². The molecule has 2 heterocycles. The zero-order valence-electron chi connectivity index (χ0n) is 24.2. The maximum atomic E-state index is 12.8. The molecule has 4 rings (SSSR count). The second-order valence-corrected chi connectivity index (χ2v) is 10.2. The van der Waals surface area contributed by atoms with Gasteiger partial charge >= 0.3 is 23.9 Å². The van der Waals surface area contributed by atoms with Gasteiger partial charge in [-0.1, -0.05) is 37.4 Å². The Kier molecular flexibility index (Phi) is 9.97. The molecule has 0 N–H and O–H groups in total. The third-order valence-electron chi connectivity index (χ3n) is 6.96. The Bertz CT molecular complexity index is 1530. The van der Waals surface area contributed by atoms with E-state index in [-0.39, 0.29) is 63.3 Å². The molecular weight excluding hydrogens is 554 g/mol. The molecule has 11 nitrogen and oxygen atoms in total. The van der Waals surface area contributed by atoms with Crippen molar-refractivity contribution >= 4 is 35.0 Å². The van der Waals surface area contributed by atoms with E-state index in [4.69, 9.17) is 28.9 Å². The second-order valence-electron chi connectivity index (χ2n) is 10.2. The van der Waals surface area contributed by atoms with Crippen LogP contribution in [0, 0.1) is 0 Å². The lowest BCUT2D eigenvalue weighted by Crippen LogP contribution is -2.29. The molecule has 1 aliphatic carbocycles. The maximum absolute atomic E-state index is 12.8. The first-order valence-electron chi connectivity index (χ1n) is 13.8. The number of hydrogen-bond donors (Lipinski definition) is 0. The molecule has 11 heteroatoms. The smallest absolute Gasteiger partial charge is 0.333 e. The number of carbonyl (C=O) groups excluding carboxylic acids is 4. The van der Waals surface area contributed by atoms with Crippen LogP contribution in [-0.2, 0) is 43.5 Å². The van der Waals surface area contributed by atoms with Gasteiger partial charge in [-0.15, -0.1) is 0 Å². The first-order chi connectivity index (χ1) is 20.6. The molecule has 0 unspecified atom stereocenters. The first-order valence-corrected chi connectivity index (χ1v) is 13.8. The van der Waals surface area contributed by atoms with Crippen molar-refractivity contribution in [2.45, 2.75) is 44.9 Å². The fourth-order valence-corrected chi connectivity index (χ4v) is 4.88. The highest BCUT2D eigenvalue weighted by molar-refractivity contribution is 5.87. The summed E-state index contributed by atoms with van der Waals surface area (Å²) in [6.45, 7) is 9.70. The van der Waals surface area contributed by atoms with E-state index in [0.717, 1.165) is 11.1 Å². The van der Waals surface area contributed by atoms with E-state index in [1.807, 2.05) is 30.3 Å². The summed E-state index contributed by atoms with van der Waals surface area (Å²) >= 11 is 0. The summed E-state index contributed by atoms with van der Waals surface area (Å²) < 4.78 is 20.6. The minimum atomic E-state index is -0.873. The number of pyridine rings is 1. The molecule has 0 atom stereocenters. The molecule has 0 spiro atoms. The number of benzene rings is 1. The number of fused-ring (bicyclic) bond motifs is 4. The summed E-state index contributed by atoms with van der Waals surface area (Å²) in [5.41, 5.74) is 3.72. The minimum Gasteiger partial charge on any atom is -0.462 e. The number of nitrogens with zero attached hydrogens (tertiary/aromatic N) is 3. The number of carbonyl (C=O) groups is 4. The van der Waals surface area contributed by atoms with Gasteiger partial charge in [0.2, 0.25) is 0 Å². The van der Waals surface area contributed by atoms with Gasteiger partial charge in [-0.05, 0) is 44.4 Å². The average molecular weight is 588 g/mol. The van der Waals surface area contributed by atoms with Crippen LogP contribution in [0.2, 0.25) is 0 Å². The van der Waals surface area contributed by atoms with Gasteiger partial charge in [0.1, 0.15) is 31.9 Å². The second kappa shape index (κ2) is 13.8. The van der Waals surface area contributed by atoms with Gasteiger partial charge in [-0.3, -0.25) is 9.59 Å². The van der Waals surface area contributed by atoms with E-state index < -0.39 is 29.3 Å². The van der Waals surface area contributed by atoms with Gasteiger partial charge in [-0.25, -0.2) is 24.5 Å². The molecule has 224 valence electrons. The Morgan fingerprint density at radius 2 is 1.30 bits per heavy atom. The lowest BCUT2D eigenvalue weighted by Gasteiger charge is -2.30. The summed E-state index contributed by atoms with van der Waals surface area (Å²) in [7, 11) is 0. The summed E-state index contributed by atoms with van der Waals surface area (Å²) in [5, 5.41) is 0. The standard InChI is InChI=1S/C32H33N3O8/c1-20(2)30(38)42-18-16-40-25(36)11-13-32(14-12-26(37)41-17-19-43-31(39)21(3)4)23-9-6-5-8-22(23)27-28(32)35-29-24(34-27)10-7-15-33-29/h5-10,15H,1,3,11-14,16-19H2,2,4H3. The molecule has 2 aromatic heterocycles. The van der Waals surface area contributed by atoms with E-state index in [9.17, 15) is 19.2 Å². The van der Waals surface area contributed by atoms with Crippen molar-refractivity contribution in [1.82, 2.24) is 15.0 Å². The van der Waals surface area contributed by atoms with Crippen LogP contribution in [0.1, 0.15) is 50.8 Å². The predicted octanol–water partition coefficient (Wildman–Crippen LogP) is 4.18. The van der Waals surface area contributed by atoms with Gasteiger partial charge in [-0.2, -0.15) is 0 Å². The monoisotopic (exact) mass is 587 g/mol. The van der Waals surface area contributed by atoms with Crippen LogP contribution >= 0.6 is 0 Å². The normalized spacial score (nSPS) is 12.5. The molecule has 0 aliphatic heterocycles. The van der Waals surface area contributed by atoms with Crippen molar-refractivity contribution in [2.75, 3.05) is 26.4 Å². The lowest BCUT2D eigenvalue weighted by atomic mass is 9.73.